The van der Waals surface area contributed by atoms with Crippen LogP contribution in [0.4, 0.5) is 10.1 Å². The summed E-state index contributed by atoms with van der Waals surface area (Å²) in [7, 11) is 2.41. The van der Waals surface area contributed by atoms with E-state index in [-0.39, 0.29) is 36.5 Å². The molecule has 0 aromatic heterocycles. The number of nitrogens with zero attached hydrogens (tertiary/aromatic N) is 1. The van der Waals surface area contributed by atoms with Gasteiger partial charge in [-0.3, -0.25) is 0 Å². The fourth-order valence-corrected chi connectivity index (χ4v) is 3.29. The number of ether oxygens (including phenoxy) is 4. The first-order valence-electron chi connectivity index (χ1n) is 8.76. The van der Waals surface area contributed by atoms with Crippen molar-refractivity contribution in [1.82, 2.24) is 0 Å². The average molecular weight is 379 g/mol. The Morgan fingerprint density at radius 3 is 2.48 bits per heavy atom. The van der Waals surface area contributed by atoms with E-state index in [0.717, 1.165) is 25.7 Å². The Hall–Kier alpha value is -2.61. The summed E-state index contributed by atoms with van der Waals surface area (Å²) in [6.07, 6.45) is 4.02. The molecule has 1 saturated carbocycles. The standard InChI is InChI=1S/C19H22FNO6/c1-24-18(22)14-10-26-11-21(17(14)19(23)25-2)12-7-8-16(15(20)9-12)27-13-5-3-4-6-13/h7-9,13H,3-6,10-11H2,1-2H3. The monoisotopic (exact) mass is 379 g/mol. The van der Waals surface area contributed by atoms with Gasteiger partial charge in [0.2, 0.25) is 0 Å². The van der Waals surface area contributed by atoms with E-state index in [2.05, 4.69) is 0 Å². The number of methoxy groups -OCH3 is 2. The Kier molecular flexibility index (Phi) is 5.95. The Morgan fingerprint density at radius 1 is 1.15 bits per heavy atom. The highest BCUT2D eigenvalue weighted by molar-refractivity contribution is 6.03. The van der Waals surface area contributed by atoms with Crippen molar-refractivity contribution in [1.29, 1.82) is 0 Å². The van der Waals surface area contributed by atoms with E-state index in [1.54, 1.807) is 6.07 Å². The summed E-state index contributed by atoms with van der Waals surface area (Å²) in [4.78, 5) is 25.6. The Balaban J connectivity index is 1.92. The molecule has 3 rings (SSSR count). The van der Waals surface area contributed by atoms with Crippen LogP contribution in [0.3, 0.4) is 0 Å². The van der Waals surface area contributed by atoms with Crippen LogP contribution >= 0.6 is 0 Å². The lowest BCUT2D eigenvalue weighted by atomic mass is 10.1. The third kappa shape index (κ3) is 4.05. The second-order valence-electron chi connectivity index (χ2n) is 6.35. The Labute approximate surface area is 156 Å². The van der Waals surface area contributed by atoms with Crippen molar-refractivity contribution in [3.63, 3.8) is 0 Å². The lowest BCUT2D eigenvalue weighted by molar-refractivity contribution is -0.140. The van der Waals surface area contributed by atoms with E-state index < -0.39 is 17.8 Å². The van der Waals surface area contributed by atoms with Crippen molar-refractivity contribution in [2.75, 3.05) is 32.5 Å². The van der Waals surface area contributed by atoms with Crippen LogP contribution in [-0.4, -0.2) is 45.6 Å². The van der Waals surface area contributed by atoms with Crippen LogP contribution in [0.1, 0.15) is 25.7 Å². The highest BCUT2D eigenvalue weighted by Crippen LogP contribution is 2.32. The lowest BCUT2D eigenvalue weighted by Gasteiger charge is -2.31. The number of hydrogen-bond acceptors (Lipinski definition) is 7. The minimum absolute atomic E-state index is 0.0160. The van der Waals surface area contributed by atoms with Crippen LogP contribution < -0.4 is 9.64 Å². The molecule has 146 valence electrons. The lowest BCUT2D eigenvalue weighted by Crippen LogP contribution is -2.38. The number of halogens is 1. The maximum absolute atomic E-state index is 14.6. The maximum Gasteiger partial charge on any atom is 0.355 e. The van der Waals surface area contributed by atoms with Gasteiger partial charge in [-0.15, -0.1) is 0 Å². The number of rotatable bonds is 5. The second kappa shape index (κ2) is 8.39. The van der Waals surface area contributed by atoms with Crippen LogP contribution in [0.5, 0.6) is 5.75 Å². The zero-order valence-corrected chi connectivity index (χ0v) is 15.3. The van der Waals surface area contributed by atoms with Crippen LogP contribution in [0.15, 0.2) is 29.5 Å². The molecule has 1 aliphatic carbocycles. The number of benzene rings is 1. The fourth-order valence-electron chi connectivity index (χ4n) is 3.29. The van der Waals surface area contributed by atoms with Gasteiger partial charge in [-0.05, 0) is 37.8 Å². The van der Waals surface area contributed by atoms with Crippen LogP contribution in [0, 0.1) is 5.82 Å². The maximum atomic E-state index is 14.6. The van der Waals surface area contributed by atoms with Crippen molar-refractivity contribution in [2.24, 2.45) is 0 Å². The van der Waals surface area contributed by atoms with Gasteiger partial charge in [0.25, 0.3) is 0 Å². The summed E-state index contributed by atoms with van der Waals surface area (Å²) in [5.41, 5.74) is 0.328. The van der Waals surface area contributed by atoms with Crippen LogP contribution in [0.2, 0.25) is 0 Å². The Morgan fingerprint density at radius 2 is 1.85 bits per heavy atom. The number of anilines is 1. The molecular formula is C19H22FNO6. The van der Waals surface area contributed by atoms with Crippen molar-refractivity contribution in [3.8, 4) is 5.75 Å². The first-order valence-corrected chi connectivity index (χ1v) is 8.76. The summed E-state index contributed by atoms with van der Waals surface area (Å²) < 4.78 is 35.2. The molecule has 2 aliphatic rings. The third-order valence-corrected chi connectivity index (χ3v) is 4.66. The quantitative estimate of drug-likeness (QED) is 0.728. The van der Waals surface area contributed by atoms with E-state index in [1.165, 1.54) is 31.3 Å². The van der Waals surface area contributed by atoms with Gasteiger partial charge in [0.15, 0.2) is 11.6 Å². The molecular weight excluding hydrogens is 357 g/mol. The summed E-state index contributed by atoms with van der Waals surface area (Å²) in [5.74, 6) is -1.82. The van der Waals surface area contributed by atoms with Gasteiger partial charge >= 0.3 is 11.9 Å². The van der Waals surface area contributed by atoms with Crippen molar-refractivity contribution >= 4 is 17.6 Å². The molecule has 0 bridgehead atoms. The molecule has 7 nitrogen and oxygen atoms in total. The van der Waals surface area contributed by atoms with E-state index in [1.807, 2.05) is 0 Å². The molecule has 27 heavy (non-hydrogen) atoms. The summed E-state index contributed by atoms with van der Waals surface area (Å²) in [6, 6.07) is 4.38. The first kappa shape index (κ1) is 19.2. The molecule has 1 fully saturated rings. The van der Waals surface area contributed by atoms with Crippen LogP contribution in [-0.2, 0) is 23.8 Å². The number of esters is 2. The molecule has 0 radical (unpaired) electrons. The predicted octanol–water partition coefficient (Wildman–Crippen LogP) is 2.54. The molecule has 1 aromatic carbocycles. The molecule has 0 spiro atoms. The van der Waals surface area contributed by atoms with Gasteiger partial charge in [-0.1, -0.05) is 0 Å². The van der Waals surface area contributed by atoms with Crippen molar-refractivity contribution in [3.05, 3.63) is 35.3 Å². The third-order valence-electron chi connectivity index (χ3n) is 4.66. The molecule has 0 N–H and O–H groups in total. The summed E-state index contributed by atoms with van der Waals surface area (Å²) in [6.45, 7) is -0.133. The molecule has 0 amide bonds. The summed E-state index contributed by atoms with van der Waals surface area (Å²) in [5, 5.41) is 0. The molecule has 8 heteroatoms. The molecule has 1 aliphatic heterocycles. The first-order chi connectivity index (χ1) is 13.0. The fraction of sp³-hybridized carbons (Fsp3) is 0.474. The number of hydrogen-bond donors (Lipinski definition) is 0. The number of carbonyl (C=O) groups excluding carboxylic acids is 2. The predicted molar refractivity (Wildman–Crippen MR) is 93.6 cm³/mol. The zero-order chi connectivity index (χ0) is 19.4. The van der Waals surface area contributed by atoms with E-state index >= 15 is 0 Å². The average Bonchev–Trinajstić information content (AvgIpc) is 3.20. The summed E-state index contributed by atoms with van der Waals surface area (Å²) >= 11 is 0. The van der Waals surface area contributed by atoms with E-state index in [9.17, 15) is 14.0 Å². The van der Waals surface area contributed by atoms with Gasteiger partial charge in [0.05, 0.1) is 32.5 Å². The molecule has 0 saturated heterocycles. The van der Waals surface area contributed by atoms with E-state index in [0.29, 0.717) is 5.69 Å². The normalized spacial score (nSPS) is 17.8. The van der Waals surface area contributed by atoms with Gasteiger partial charge in [-0.2, -0.15) is 0 Å². The highest BCUT2D eigenvalue weighted by Gasteiger charge is 2.32. The topological polar surface area (TPSA) is 74.3 Å². The Bertz CT molecular complexity index is 757. The minimum Gasteiger partial charge on any atom is -0.487 e. The van der Waals surface area contributed by atoms with E-state index in [4.69, 9.17) is 18.9 Å². The van der Waals surface area contributed by atoms with Gasteiger partial charge in [0.1, 0.15) is 12.4 Å². The molecule has 1 aromatic rings. The zero-order valence-electron chi connectivity index (χ0n) is 15.3. The SMILES string of the molecule is COC(=O)C1=C(C(=O)OC)N(c2ccc(OC3CCCC3)c(F)c2)COC1. The number of carbonyl (C=O) groups is 2. The van der Waals surface area contributed by atoms with Crippen LogP contribution in [0.25, 0.3) is 0 Å². The van der Waals surface area contributed by atoms with Gasteiger partial charge in [-0.25, -0.2) is 14.0 Å². The molecule has 0 unspecified atom stereocenters. The smallest absolute Gasteiger partial charge is 0.355 e. The highest BCUT2D eigenvalue weighted by atomic mass is 19.1. The second-order valence-corrected chi connectivity index (χ2v) is 6.35. The minimum atomic E-state index is -0.731. The van der Waals surface area contributed by atoms with Crippen molar-refractivity contribution < 1.29 is 32.9 Å². The van der Waals surface area contributed by atoms with Crippen molar-refractivity contribution in [2.45, 2.75) is 31.8 Å². The van der Waals surface area contributed by atoms with Gasteiger partial charge < -0.3 is 23.8 Å². The largest absolute Gasteiger partial charge is 0.487 e. The van der Waals surface area contributed by atoms with Gasteiger partial charge in [0, 0.05) is 11.8 Å². The molecule has 1 heterocycles. The molecule has 0 atom stereocenters.